The first-order chi connectivity index (χ1) is 9.75. The van der Waals surface area contributed by atoms with Gasteiger partial charge in [0.2, 0.25) is 0 Å². The van der Waals surface area contributed by atoms with E-state index in [0.717, 1.165) is 31.7 Å². The average molecular weight is 276 g/mol. The summed E-state index contributed by atoms with van der Waals surface area (Å²) in [6.45, 7) is 5.26. The quantitative estimate of drug-likeness (QED) is 0.840. The van der Waals surface area contributed by atoms with Gasteiger partial charge in [0.1, 0.15) is 5.75 Å². The molecule has 2 amide bonds. The second-order valence-electron chi connectivity index (χ2n) is 5.44. The summed E-state index contributed by atoms with van der Waals surface area (Å²) in [7, 11) is 0. The van der Waals surface area contributed by atoms with Gasteiger partial charge in [-0.3, -0.25) is 0 Å². The third-order valence-electron chi connectivity index (χ3n) is 3.55. The molecule has 110 valence electrons. The van der Waals surface area contributed by atoms with Gasteiger partial charge in [0.05, 0.1) is 6.61 Å². The molecule has 1 N–H and O–H groups in total. The highest BCUT2D eigenvalue weighted by atomic mass is 16.5. The Kier molecular flexibility index (Phi) is 5.71. The lowest BCUT2D eigenvalue weighted by atomic mass is 10.0. The van der Waals surface area contributed by atoms with Crippen molar-refractivity contribution in [3.63, 3.8) is 0 Å². The van der Waals surface area contributed by atoms with Gasteiger partial charge in [-0.15, -0.1) is 0 Å². The highest BCUT2D eigenvalue weighted by Crippen LogP contribution is 2.15. The molecule has 0 saturated carbocycles. The maximum atomic E-state index is 12.0. The van der Waals surface area contributed by atoms with E-state index in [1.54, 1.807) is 0 Å². The minimum atomic E-state index is 0.0660. The molecule has 0 spiro atoms. The highest BCUT2D eigenvalue weighted by molar-refractivity contribution is 5.74. The van der Waals surface area contributed by atoms with E-state index in [2.05, 4.69) is 12.2 Å². The molecule has 0 aromatic heterocycles. The van der Waals surface area contributed by atoms with Crippen LogP contribution in [0.25, 0.3) is 0 Å². The Morgan fingerprint density at radius 1 is 1.40 bits per heavy atom. The minimum Gasteiger partial charge on any atom is -0.494 e. The molecule has 4 nitrogen and oxygen atoms in total. The number of para-hydroxylation sites is 1. The van der Waals surface area contributed by atoms with Crippen LogP contribution >= 0.6 is 0 Å². The predicted octanol–water partition coefficient (Wildman–Crippen LogP) is 2.90. The van der Waals surface area contributed by atoms with Crippen LogP contribution in [-0.4, -0.2) is 37.2 Å². The van der Waals surface area contributed by atoms with E-state index >= 15 is 0 Å². The smallest absolute Gasteiger partial charge is 0.317 e. The Bertz CT molecular complexity index is 408. The van der Waals surface area contributed by atoms with Crippen LogP contribution in [0.2, 0.25) is 0 Å². The van der Waals surface area contributed by atoms with Gasteiger partial charge in [-0.1, -0.05) is 25.1 Å². The molecule has 0 aliphatic carbocycles. The third kappa shape index (κ3) is 4.76. The third-order valence-corrected chi connectivity index (χ3v) is 3.55. The van der Waals surface area contributed by atoms with Crippen molar-refractivity contribution < 1.29 is 9.53 Å². The van der Waals surface area contributed by atoms with Gasteiger partial charge >= 0.3 is 6.03 Å². The Hall–Kier alpha value is -1.71. The number of nitrogens with one attached hydrogen (secondary N) is 1. The largest absolute Gasteiger partial charge is 0.494 e. The highest BCUT2D eigenvalue weighted by Gasteiger charge is 2.20. The molecule has 1 atom stereocenters. The predicted molar refractivity (Wildman–Crippen MR) is 79.9 cm³/mol. The number of hydrogen-bond acceptors (Lipinski definition) is 2. The lowest BCUT2D eigenvalue weighted by molar-refractivity contribution is 0.169. The molecular weight excluding hydrogens is 252 g/mol. The topological polar surface area (TPSA) is 41.6 Å². The van der Waals surface area contributed by atoms with Crippen molar-refractivity contribution in [3.8, 4) is 5.75 Å². The van der Waals surface area contributed by atoms with Crippen LogP contribution in [0.4, 0.5) is 4.79 Å². The maximum Gasteiger partial charge on any atom is 0.317 e. The summed E-state index contributed by atoms with van der Waals surface area (Å²) in [6, 6.07) is 9.81. The number of likely N-dealkylation sites (tertiary alicyclic amines) is 1. The zero-order chi connectivity index (χ0) is 14.2. The molecule has 1 aliphatic rings. The molecule has 0 bridgehead atoms. The summed E-state index contributed by atoms with van der Waals surface area (Å²) in [6.07, 6.45) is 3.17. The normalized spacial score (nSPS) is 18.6. The fourth-order valence-electron chi connectivity index (χ4n) is 2.46. The summed E-state index contributed by atoms with van der Waals surface area (Å²) in [5.74, 6) is 1.50. The number of ether oxygens (including phenoxy) is 1. The summed E-state index contributed by atoms with van der Waals surface area (Å²) >= 11 is 0. The van der Waals surface area contributed by atoms with E-state index in [1.165, 1.54) is 6.42 Å². The van der Waals surface area contributed by atoms with Gasteiger partial charge in [0.15, 0.2) is 0 Å². The number of benzene rings is 1. The number of piperidine rings is 1. The number of nitrogens with zero attached hydrogens (tertiary/aromatic N) is 1. The average Bonchev–Trinajstić information content (AvgIpc) is 2.48. The minimum absolute atomic E-state index is 0.0660. The molecule has 1 heterocycles. The summed E-state index contributed by atoms with van der Waals surface area (Å²) < 4.78 is 5.59. The van der Waals surface area contributed by atoms with E-state index in [1.807, 2.05) is 35.2 Å². The molecule has 0 radical (unpaired) electrons. The van der Waals surface area contributed by atoms with Crippen molar-refractivity contribution in [1.82, 2.24) is 10.2 Å². The van der Waals surface area contributed by atoms with Gasteiger partial charge in [-0.25, -0.2) is 4.79 Å². The molecular formula is C16H24N2O2. The van der Waals surface area contributed by atoms with Gasteiger partial charge in [-0.2, -0.15) is 0 Å². The molecule has 4 heteroatoms. The van der Waals surface area contributed by atoms with E-state index in [0.29, 0.717) is 19.1 Å². The van der Waals surface area contributed by atoms with Crippen LogP contribution < -0.4 is 10.1 Å². The molecule has 20 heavy (non-hydrogen) atoms. The first-order valence-electron chi connectivity index (χ1n) is 7.46. The Morgan fingerprint density at radius 3 is 2.95 bits per heavy atom. The van der Waals surface area contributed by atoms with Crippen molar-refractivity contribution >= 4 is 6.03 Å². The van der Waals surface area contributed by atoms with Crippen molar-refractivity contribution in [2.75, 3.05) is 26.2 Å². The van der Waals surface area contributed by atoms with Crippen LogP contribution in [-0.2, 0) is 0 Å². The summed E-state index contributed by atoms with van der Waals surface area (Å²) in [4.78, 5) is 13.9. The van der Waals surface area contributed by atoms with Crippen molar-refractivity contribution in [2.24, 2.45) is 5.92 Å². The van der Waals surface area contributed by atoms with Crippen LogP contribution in [0.15, 0.2) is 30.3 Å². The standard InChI is InChI=1S/C16H24N2O2/c1-14-7-5-11-18(13-14)16(19)17-10-6-12-20-15-8-3-2-4-9-15/h2-4,8-9,14H,5-7,10-13H2,1H3,(H,17,19). The van der Waals surface area contributed by atoms with Crippen molar-refractivity contribution in [3.05, 3.63) is 30.3 Å². The molecule has 1 unspecified atom stereocenters. The monoisotopic (exact) mass is 276 g/mol. The Balaban J connectivity index is 1.57. The lowest BCUT2D eigenvalue weighted by Gasteiger charge is -2.30. The SMILES string of the molecule is CC1CCCN(C(=O)NCCCOc2ccccc2)C1. The number of carbonyl (C=O) groups excluding carboxylic acids is 1. The van der Waals surface area contributed by atoms with Crippen LogP contribution in [0.1, 0.15) is 26.2 Å². The lowest BCUT2D eigenvalue weighted by Crippen LogP contribution is -2.45. The second kappa shape index (κ2) is 7.78. The van der Waals surface area contributed by atoms with Crippen LogP contribution in [0.3, 0.4) is 0 Å². The first kappa shape index (κ1) is 14.7. The second-order valence-corrected chi connectivity index (χ2v) is 5.44. The van der Waals surface area contributed by atoms with Crippen LogP contribution in [0.5, 0.6) is 5.75 Å². The molecule has 1 fully saturated rings. The molecule has 1 saturated heterocycles. The summed E-state index contributed by atoms with van der Waals surface area (Å²) in [5.41, 5.74) is 0. The maximum absolute atomic E-state index is 12.0. The molecule has 1 aromatic rings. The molecule has 2 rings (SSSR count). The Morgan fingerprint density at radius 2 is 2.20 bits per heavy atom. The van der Waals surface area contributed by atoms with E-state index in [9.17, 15) is 4.79 Å². The fraction of sp³-hybridized carbons (Fsp3) is 0.562. The van der Waals surface area contributed by atoms with Gasteiger partial charge in [-0.05, 0) is 37.3 Å². The number of rotatable bonds is 5. The number of urea groups is 1. The van der Waals surface area contributed by atoms with E-state index in [4.69, 9.17) is 4.74 Å². The Labute approximate surface area is 121 Å². The van der Waals surface area contributed by atoms with E-state index in [-0.39, 0.29) is 6.03 Å². The van der Waals surface area contributed by atoms with Gasteiger partial charge < -0.3 is 15.0 Å². The van der Waals surface area contributed by atoms with E-state index < -0.39 is 0 Å². The summed E-state index contributed by atoms with van der Waals surface area (Å²) in [5, 5.41) is 2.97. The fourth-order valence-corrected chi connectivity index (χ4v) is 2.46. The van der Waals surface area contributed by atoms with Crippen LogP contribution in [0, 0.1) is 5.92 Å². The molecule has 1 aromatic carbocycles. The number of amides is 2. The van der Waals surface area contributed by atoms with Crippen molar-refractivity contribution in [2.45, 2.75) is 26.2 Å². The number of carbonyl (C=O) groups is 1. The zero-order valence-corrected chi connectivity index (χ0v) is 12.2. The van der Waals surface area contributed by atoms with Crippen molar-refractivity contribution in [1.29, 1.82) is 0 Å². The first-order valence-corrected chi connectivity index (χ1v) is 7.46. The van der Waals surface area contributed by atoms with Gasteiger partial charge in [0, 0.05) is 19.6 Å². The zero-order valence-electron chi connectivity index (χ0n) is 12.2. The number of hydrogen-bond donors (Lipinski definition) is 1. The van der Waals surface area contributed by atoms with Gasteiger partial charge in [0.25, 0.3) is 0 Å². The molecule has 1 aliphatic heterocycles.